The second-order valence-electron chi connectivity index (χ2n) is 5.81. The highest BCUT2D eigenvalue weighted by Crippen LogP contribution is 2.29. The summed E-state index contributed by atoms with van der Waals surface area (Å²) in [6.45, 7) is 0. The Balaban J connectivity index is 1.89. The van der Waals surface area contributed by atoms with Gasteiger partial charge in [-0.3, -0.25) is 9.52 Å². The second-order valence-corrected chi connectivity index (χ2v) is 7.96. The molecule has 1 aromatic carbocycles. The number of rotatable bonds is 6. The largest absolute Gasteiger partial charge is 0.326 e. The van der Waals surface area contributed by atoms with Crippen molar-refractivity contribution < 1.29 is 13.2 Å². The van der Waals surface area contributed by atoms with Crippen molar-refractivity contribution in [2.24, 2.45) is 5.92 Å². The van der Waals surface area contributed by atoms with Crippen LogP contribution in [0.5, 0.6) is 0 Å². The van der Waals surface area contributed by atoms with Crippen LogP contribution in [-0.4, -0.2) is 20.6 Å². The molecular weight excluding hydrogens is 324 g/mol. The van der Waals surface area contributed by atoms with Crippen LogP contribution in [0.15, 0.2) is 18.2 Å². The van der Waals surface area contributed by atoms with Gasteiger partial charge in [-0.25, -0.2) is 8.42 Å². The van der Waals surface area contributed by atoms with E-state index in [1.165, 1.54) is 31.7 Å². The quantitative estimate of drug-likeness (QED) is 0.827. The number of hydrogen-bond donors (Lipinski definition) is 2. The van der Waals surface area contributed by atoms with Crippen LogP contribution in [0.3, 0.4) is 0 Å². The summed E-state index contributed by atoms with van der Waals surface area (Å²) in [6.07, 6.45) is 7.49. The molecule has 0 atom stereocenters. The first kappa shape index (κ1) is 17.1. The number of anilines is 2. The maximum absolute atomic E-state index is 11.9. The third-order valence-electron chi connectivity index (χ3n) is 3.80. The van der Waals surface area contributed by atoms with Gasteiger partial charge in [-0.1, -0.05) is 37.3 Å². The molecule has 0 unspecified atom stereocenters. The Morgan fingerprint density at radius 3 is 2.59 bits per heavy atom. The van der Waals surface area contributed by atoms with E-state index >= 15 is 0 Å². The lowest BCUT2D eigenvalue weighted by Crippen LogP contribution is -2.13. The van der Waals surface area contributed by atoms with Crippen molar-refractivity contribution in [1.29, 1.82) is 0 Å². The third kappa shape index (κ3) is 5.50. The summed E-state index contributed by atoms with van der Waals surface area (Å²) in [5, 5.41) is 3.05. The molecule has 2 rings (SSSR count). The van der Waals surface area contributed by atoms with Crippen LogP contribution in [0.4, 0.5) is 11.4 Å². The number of carbonyl (C=O) groups is 1. The molecule has 0 radical (unpaired) electrons. The summed E-state index contributed by atoms with van der Waals surface area (Å²) in [4.78, 5) is 11.9. The molecule has 22 heavy (non-hydrogen) atoms. The second kappa shape index (κ2) is 7.33. The lowest BCUT2D eigenvalue weighted by atomic mass is 10.0. The third-order valence-corrected chi connectivity index (χ3v) is 4.71. The van der Waals surface area contributed by atoms with E-state index in [2.05, 4.69) is 10.0 Å². The van der Waals surface area contributed by atoms with E-state index in [-0.39, 0.29) is 10.9 Å². The molecule has 1 aliphatic carbocycles. The molecule has 1 aromatic rings. The van der Waals surface area contributed by atoms with Crippen molar-refractivity contribution in [2.75, 3.05) is 16.3 Å². The Bertz CT molecular complexity index is 640. The van der Waals surface area contributed by atoms with Crippen molar-refractivity contribution in [3.63, 3.8) is 0 Å². The van der Waals surface area contributed by atoms with Gasteiger partial charge in [0.1, 0.15) is 0 Å². The smallest absolute Gasteiger partial charge is 0.229 e. The van der Waals surface area contributed by atoms with Crippen LogP contribution in [0.1, 0.15) is 38.5 Å². The fourth-order valence-corrected chi connectivity index (χ4v) is 3.59. The van der Waals surface area contributed by atoms with Gasteiger partial charge in [-0.2, -0.15) is 0 Å². The molecule has 5 nitrogen and oxygen atoms in total. The molecule has 0 aliphatic heterocycles. The molecule has 1 aliphatic rings. The zero-order valence-electron chi connectivity index (χ0n) is 12.6. The zero-order valence-corrected chi connectivity index (χ0v) is 14.1. The molecule has 0 spiro atoms. The topological polar surface area (TPSA) is 75.3 Å². The van der Waals surface area contributed by atoms with E-state index in [1.54, 1.807) is 12.1 Å². The molecule has 0 saturated heterocycles. The van der Waals surface area contributed by atoms with Gasteiger partial charge in [0.25, 0.3) is 0 Å². The van der Waals surface area contributed by atoms with Crippen molar-refractivity contribution in [3.8, 4) is 0 Å². The first-order valence-corrected chi connectivity index (χ1v) is 9.67. The van der Waals surface area contributed by atoms with E-state index in [9.17, 15) is 13.2 Å². The van der Waals surface area contributed by atoms with Crippen LogP contribution in [0.2, 0.25) is 5.02 Å². The van der Waals surface area contributed by atoms with Gasteiger partial charge in [-0.15, -0.1) is 0 Å². The summed E-state index contributed by atoms with van der Waals surface area (Å²) in [5.74, 6) is 0.641. The lowest BCUT2D eigenvalue weighted by molar-refractivity contribution is -0.116. The number of sulfonamides is 1. The minimum Gasteiger partial charge on any atom is -0.326 e. The molecular formula is C15H21ClN2O3S. The van der Waals surface area contributed by atoms with Gasteiger partial charge < -0.3 is 5.32 Å². The Morgan fingerprint density at radius 2 is 2.00 bits per heavy atom. The predicted molar refractivity (Wildman–Crippen MR) is 89.7 cm³/mol. The molecule has 0 heterocycles. The van der Waals surface area contributed by atoms with Crippen molar-refractivity contribution in [2.45, 2.75) is 38.5 Å². The van der Waals surface area contributed by atoms with Gasteiger partial charge in [0.15, 0.2) is 0 Å². The highest BCUT2D eigenvalue weighted by atomic mass is 35.5. The molecule has 122 valence electrons. The summed E-state index contributed by atoms with van der Waals surface area (Å²) >= 11 is 6.02. The van der Waals surface area contributed by atoms with E-state index in [1.807, 2.05) is 0 Å². The maximum atomic E-state index is 11.9. The fourth-order valence-electron chi connectivity index (χ4n) is 2.73. The Morgan fingerprint density at radius 1 is 1.32 bits per heavy atom. The van der Waals surface area contributed by atoms with Crippen LogP contribution >= 0.6 is 11.6 Å². The lowest BCUT2D eigenvalue weighted by Gasteiger charge is -2.11. The first-order chi connectivity index (χ1) is 10.3. The van der Waals surface area contributed by atoms with Crippen LogP contribution in [-0.2, 0) is 14.8 Å². The van der Waals surface area contributed by atoms with Gasteiger partial charge in [0.2, 0.25) is 15.9 Å². The van der Waals surface area contributed by atoms with E-state index in [4.69, 9.17) is 11.6 Å². The van der Waals surface area contributed by atoms with Gasteiger partial charge >= 0.3 is 0 Å². The van der Waals surface area contributed by atoms with Crippen molar-refractivity contribution in [3.05, 3.63) is 23.2 Å². The summed E-state index contributed by atoms with van der Waals surface area (Å²) in [7, 11) is -3.38. The average Bonchev–Trinajstić information content (AvgIpc) is 2.91. The minimum absolute atomic E-state index is 0.0354. The fraction of sp³-hybridized carbons (Fsp3) is 0.533. The molecule has 1 amide bonds. The monoisotopic (exact) mass is 344 g/mol. The first-order valence-electron chi connectivity index (χ1n) is 7.41. The van der Waals surface area contributed by atoms with Crippen LogP contribution in [0.25, 0.3) is 0 Å². The normalized spacial score (nSPS) is 15.7. The number of amides is 1. The molecule has 7 heteroatoms. The minimum atomic E-state index is -3.38. The molecule has 1 fully saturated rings. The number of halogens is 1. The summed E-state index contributed by atoms with van der Waals surface area (Å²) in [5.41, 5.74) is 0.869. The Hall–Kier alpha value is -1.27. The maximum Gasteiger partial charge on any atom is 0.229 e. The summed E-state index contributed by atoms with van der Waals surface area (Å²) < 4.78 is 24.7. The predicted octanol–water partition coefficient (Wildman–Crippen LogP) is 3.62. The Labute approximate surface area is 136 Å². The molecule has 1 saturated carbocycles. The number of nitrogens with one attached hydrogen (secondary N) is 2. The SMILES string of the molecule is CS(=O)(=O)Nc1ccc(NC(=O)CCC2CCCC2)cc1Cl. The van der Waals surface area contributed by atoms with E-state index < -0.39 is 10.0 Å². The highest BCUT2D eigenvalue weighted by Gasteiger charge is 2.16. The van der Waals surface area contributed by atoms with E-state index in [0.717, 1.165) is 12.7 Å². The van der Waals surface area contributed by atoms with E-state index in [0.29, 0.717) is 23.7 Å². The van der Waals surface area contributed by atoms with Gasteiger partial charge in [0, 0.05) is 12.1 Å². The highest BCUT2D eigenvalue weighted by molar-refractivity contribution is 7.92. The standard InChI is InChI=1S/C15H21ClN2O3S/c1-22(20,21)18-14-8-7-12(10-13(14)16)17-15(19)9-6-11-4-2-3-5-11/h7-8,10-11,18H,2-6,9H2,1H3,(H,17,19). The average molecular weight is 345 g/mol. The van der Waals surface area contributed by atoms with Crippen molar-refractivity contribution >= 4 is 38.9 Å². The van der Waals surface area contributed by atoms with Crippen LogP contribution < -0.4 is 10.0 Å². The van der Waals surface area contributed by atoms with Gasteiger partial charge in [0.05, 0.1) is 17.0 Å². The molecule has 0 bridgehead atoms. The van der Waals surface area contributed by atoms with Gasteiger partial charge in [-0.05, 0) is 30.5 Å². The van der Waals surface area contributed by atoms with Crippen LogP contribution in [0, 0.1) is 5.92 Å². The number of carbonyl (C=O) groups excluding carboxylic acids is 1. The molecule has 0 aromatic heterocycles. The molecule has 2 N–H and O–H groups in total. The van der Waals surface area contributed by atoms with Crippen molar-refractivity contribution in [1.82, 2.24) is 0 Å². The number of benzene rings is 1. The Kier molecular flexibility index (Phi) is 5.69. The number of hydrogen-bond acceptors (Lipinski definition) is 3. The zero-order chi connectivity index (χ0) is 16.2. The summed E-state index contributed by atoms with van der Waals surface area (Å²) in [6, 6.07) is 4.71.